The molecular formula is C15H10FN5O. The lowest BCUT2D eigenvalue weighted by atomic mass is 10.1. The van der Waals surface area contributed by atoms with Crippen molar-refractivity contribution in [3.63, 3.8) is 0 Å². The Morgan fingerprint density at radius 3 is 2.91 bits per heavy atom. The molecule has 3 aromatic heterocycles. The zero-order valence-corrected chi connectivity index (χ0v) is 11.3. The number of pyridine rings is 1. The van der Waals surface area contributed by atoms with Crippen LogP contribution in [-0.2, 0) is 6.54 Å². The number of aromatic nitrogens is 5. The molecule has 108 valence electrons. The topological polar surface area (TPSA) is 76.5 Å². The van der Waals surface area contributed by atoms with Gasteiger partial charge in [0.15, 0.2) is 11.3 Å². The van der Waals surface area contributed by atoms with E-state index in [4.69, 9.17) is 0 Å². The average Bonchev–Trinajstić information content (AvgIpc) is 2.92. The number of fused-ring (bicyclic) bond motifs is 2. The fraction of sp³-hybridized carbons (Fsp3) is 0.0667. The van der Waals surface area contributed by atoms with Gasteiger partial charge in [-0.2, -0.15) is 0 Å². The van der Waals surface area contributed by atoms with Crippen molar-refractivity contribution in [3.8, 4) is 0 Å². The number of hydrogen-bond donors (Lipinski definition) is 1. The van der Waals surface area contributed by atoms with Crippen LogP contribution in [0.5, 0.6) is 0 Å². The first-order valence-corrected chi connectivity index (χ1v) is 6.64. The molecule has 1 aromatic carbocycles. The number of aromatic amines is 1. The highest BCUT2D eigenvalue weighted by molar-refractivity contribution is 5.79. The van der Waals surface area contributed by atoms with Crippen molar-refractivity contribution in [2.45, 2.75) is 6.54 Å². The Morgan fingerprint density at radius 1 is 1.14 bits per heavy atom. The van der Waals surface area contributed by atoms with Crippen molar-refractivity contribution in [1.29, 1.82) is 0 Å². The van der Waals surface area contributed by atoms with E-state index in [2.05, 4.69) is 19.9 Å². The van der Waals surface area contributed by atoms with Crippen molar-refractivity contribution in [2.24, 2.45) is 0 Å². The van der Waals surface area contributed by atoms with E-state index in [9.17, 15) is 9.18 Å². The van der Waals surface area contributed by atoms with Gasteiger partial charge in [0, 0.05) is 18.0 Å². The van der Waals surface area contributed by atoms with Gasteiger partial charge in [-0.1, -0.05) is 0 Å². The summed E-state index contributed by atoms with van der Waals surface area (Å²) in [5, 5.41) is 0.770. The summed E-state index contributed by atoms with van der Waals surface area (Å²) < 4.78 is 15.0. The van der Waals surface area contributed by atoms with Gasteiger partial charge in [0.05, 0.1) is 18.4 Å². The van der Waals surface area contributed by atoms with Crippen LogP contribution in [0.4, 0.5) is 4.39 Å². The quantitative estimate of drug-likeness (QED) is 0.612. The molecule has 0 atom stereocenters. The molecule has 4 rings (SSSR count). The predicted molar refractivity (Wildman–Crippen MR) is 79.0 cm³/mol. The molecule has 22 heavy (non-hydrogen) atoms. The number of hydrogen-bond acceptors (Lipinski definition) is 4. The molecule has 0 saturated heterocycles. The largest absolute Gasteiger partial charge is 0.322 e. The van der Waals surface area contributed by atoms with Crippen LogP contribution in [0.2, 0.25) is 0 Å². The van der Waals surface area contributed by atoms with Gasteiger partial charge >= 0.3 is 0 Å². The summed E-state index contributed by atoms with van der Waals surface area (Å²) in [6.45, 7) is 0.317. The highest BCUT2D eigenvalue weighted by Crippen LogP contribution is 2.14. The van der Waals surface area contributed by atoms with Crippen LogP contribution < -0.4 is 5.56 Å². The normalized spacial score (nSPS) is 11.3. The molecule has 0 amide bonds. The van der Waals surface area contributed by atoms with Crippen molar-refractivity contribution in [3.05, 3.63) is 64.7 Å². The molecule has 0 aliphatic heterocycles. The van der Waals surface area contributed by atoms with Gasteiger partial charge in [0.1, 0.15) is 5.82 Å². The zero-order valence-electron chi connectivity index (χ0n) is 11.3. The standard InChI is InChI=1S/C15H10FN5O/c16-11-2-1-9-5-10(15(22)20-12(9)6-11)7-21-8-19-13-14(21)18-4-3-17-13/h1-6,8H,7H2,(H,20,22). The van der Waals surface area contributed by atoms with E-state index in [1.807, 2.05) is 0 Å². The number of nitrogens with one attached hydrogen (secondary N) is 1. The molecular weight excluding hydrogens is 285 g/mol. The molecule has 0 fully saturated rings. The van der Waals surface area contributed by atoms with Gasteiger partial charge in [-0.05, 0) is 29.7 Å². The summed E-state index contributed by atoms with van der Waals surface area (Å²) in [5.41, 5.74) is 1.90. The molecule has 7 heteroatoms. The van der Waals surface area contributed by atoms with Crippen LogP contribution in [-0.4, -0.2) is 24.5 Å². The van der Waals surface area contributed by atoms with E-state index in [1.54, 1.807) is 35.4 Å². The van der Waals surface area contributed by atoms with Crippen molar-refractivity contribution in [1.82, 2.24) is 24.5 Å². The number of nitrogens with zero attached hydrogens (tertiary/aromatic N) is 4. The zero-order chi connectivity index (χ0) is 15.1. The molecule has 6 nitrogen and oxygen atoms in total. The van der Waals surface area contributed by atoms with Gasteiger partial charge in [0.25, 0.3) is 5.56 Å². The van der Waals surface area contributed by atoms with Gasteiger partial charge < -0.3 is 9.55 Å². The maximum absolute atomic E-state index is 13.2. The molecule has 4 aromatic rings. The SMILES string of the molecule is O=c1[nH]c2cc(F)ccc2cc1Cn1cnc2nccnc21. The highest BCUT2D eigenvalue weighted by atomic mass is 19.1. The van der Waals surface area contributed by atoms with Crippen LogP contribution in [0.1, 0.15) is 5.56 Å². The lowest BCUT2D eigenvalue weighted by molar-refractivity contribution is 0.629. The Kier molecular flexibility index (Phi) is 2.72. The number of halogens is 1. The lowest BCUT2D eigenvalue weighted by Crippen LogP contribution is -2.15. The summed E-state index contributed by atoms with van der Waals surface area (Å²) in [5.74, 6) is -0.383. The average molecular weight is 295 g/mol. The van der Waals surface area contributed by atoms with Crippen molar-refractivity contribution < 1.29 is 4.39 Å². The van der Waals surface area contributed by atoms with Crippen molar-refractivity contribution >= 4 is 22.2 Å². The summed E-state index contributed by atoms with van der Waals surface area (Å²) in [6, 6.07) is 6.05. The number of H-pyrrole nitrogens is 1. The van der Waals surface area contributed by atoms with Gasteiger partial charge in [-0.15, -0.1) is 0 Å². The Labute approximate surface area is 123 Å². The van der Waals surface area contributed by atoms with Crippen molar-refractivity contribution in [2.75, 3.05) is 0 Å². The third-order valence-electron chi connectivity index (χ3n) is 3.48. The third kappa shape index (κ3) is 2.03. The Bertz CT molecular complexity index is 1050. The van der Waals surface area contributed by atoms with E-state index < -0.39 is 0 Å². The monoisotopic (exact) mass is 295 g/mol. The third-order valence-corrected chi connectivity index (χ3v) is 3.48. The van der Waals surface area contributed by atoms with E-state index in [0.29, 0.717) is 28.9 Å². The maximum Gasteiger partial charge on any atom is 0.253 e. The Hall–Kier alpha value is -3.09. The fourth-order valence-corrected chi connectivity index (χ4v) is 2.43. The maximum atomic E-state index is 13.2. The summed E-state index contributed by atoms with van der Waals surface area (Å²) in [7, 11) is 0. The molecule has 0 unspecified atom stereocenters. The molecule has 0 bridgehead atoms. The fourth-order valence-electron chi connectivity index (χ4n) is 2.43. The second kappa shape index (κ2) is 4.73. The minimum atomic E-state index is -0.383. The number of imidazole rings is 1. The van der Waals surface area contributed by atoms with E-state index in [1.165, 1.54) is 12.1 Å². The number of benzene rings is 1. The summed E-state index contributed by atoms with van der Waals surface area (Å²) in [4.78, 5) is 27.3. The molecule has 0 aliphatic carbocycles. The summed E-state index contributed by atoms with van der Waals surface area (Å²) in [6.07, 6.45) is 4.74. The Balaban J connectivity index is 1.82. The van der Waals surface area contributed by atoms with Crippen LogP contribution in [0, 0.1) is 5.82 Å². The second-order valence-electron chi connectivity index (χ2n) is 4.93. The predicted octanol–water partition coefficient (Wildman–Crippen LogP) is 1.86. The molecule has 0 spiro atoms. The lowest BCUT2D eigenvalue weighted by Gasteiger charge is -2.05. The van der Waals surface area contributed by atoms with Crippen LogP contribution in [0.3, 0.4) is 0 Å². The van der Waals surface area contributed by atoms with Gasteiger partial charge in [0.2, 0.25) is 0 Å². The molecule has 3 heterocycles. The second-order valence-corrected chi connectivity index (χ2v) is 4.93. The molecule has 1 N–H and O–H groups in total. The summed E-state index contributed by atoms with van der Waals surface area (Å²) >= 11 is 0. The van der Waals surface area contributed by atoms with Gasteiger partial charge in [-0.3, -0.25) is 4.79 Å². The minimum Gasteiger partial charge on any atom is -0.322 e. The molecule has 0 aliphatic rings. The Morgan fingerprint density at radius 2 is 2.00 bits per heavy atom. The van der Waals surface area contributed by atoms with E-state index in [0.717, 1.165) is 5.39 Å². The first-order valence-electron chi connectivity index (χ1n) is 6.64. The highest BCUT2D eigenvalue weighted by Gasteiger charge is 2.08. The first-order chi connectivity index (χ1) is 10.7. The van der Waals surface area contributed by atoms with E-state index in [-0.39, 0.29) is 11.4 Å². The number of rotatable bonds is 2. The smallest absolute Gasteiger partial charge is 0.253 e. The van der Waals surface area contributed by atoms with Gasteiger partial charge in [-0.25, -0.2) is 19.3 Å². The van der Waals surface area contributed by atoms with Crippen LogP contribution >= 0.6 is 0 Å². The minimum absolute atomic E-state index is 0.260. The van der Waals surface area contributed by atoms with Crippen LogP contribution in [0.25, 0.3) is 22.2 Å². The molecule has 0 saturated carbocycles. The first kappa shape index (κ1) is 12.6. The molecule has 0 radical (unpaired) electrons. The van der Waals surface area contributed by atoms with E-state index >= 15 is 0 Å². The van der Waals surface area contributed by atoms with Crippen LogP contribution in [0.15, 0.2) is 47.8 Å².